The van der Waals surface area contributed by atoms with Crippen molar-refractivity contribution in [2.45, 2.75) is 38.5 Å². The molecule has 0 aliphatic heterocycles. The number of aryl methyl sites for hydroxylation is 2. The Morgan fingerprint density at radius 1 is 0.707 bits per heavy atom. The van der Waals surface area contributed by atoms with E-state index in [1.165, 1.54) is 28.3 Å². The average Bonchev–Trinajstić information content (AvgIpc) is 3.78. The highest BCUT2D eigenvalue weighted by molar-refractivity contribution is 5.79. The van der Waals surface area contributed by atoms with Gasteiger partial charge in [-0.15, -0.1) is 0 Å². The van der Waals surface area contributed by atoms with E-state index in [-0.39, 0.29) is 28.5 Å². The van der Waals surface area contributed by atoms with Crippen molar-refractivity contribution in [3.05, 3.63) is 94.6 Å². The lowest BCUT2D eigenvalue weighted by atomic mass is 10.1. The normalized spacial score (nSPS) is 13.6. The second kappa shape index (κ2) is 10.2. The minimum atomic E-state index is -0.677. The molecule has 0 fully saturated rings. The van der Waals surface area contributed by atoms with Crippen molar-refractivity contribution in [1.82, 2.24) is 30.4 Å². The molecule has 2 aliphatic carbocycles. The third-order valence-corrected chi connectivity index (χ3v) is 7.63. The van der Waals surface area contributed by atoms with Crippen LogP contribution in [0.1, 0.15) is 35.1 Å². The fourth-order valence-electron chi connectivity index (χ4n) is 5.65. The SMILES string of the molecule is Fc1cc2c(F)[nH]nc2nc1Nc1cccc2c1CCC2.Fc1cc2cn[nH]c2nc1Nc1cccc2c1CCC2. The van der Waals surface area contributed by atoms with E-state index in [9.17, 15) is 13.2 Å². The summed E-state index contributed by atoms with van der Waals surface area (Å²) in [5.74, 6) is -1.34. The summed E-state index contributed by atoms with van der Waals surface area (Å²) in [5.41, 5.74) is 7.65. The molecule has 4 heterocycles. The van der Waals surface area contributed by atoms with Gasteiger partial charge in [0, 0.05) is 16.8 Å². The molecule has 0 atom stereocenters. The fourth-order valence-corrected chi connectivity index (χ4v) is 5.65. The van der Waals surface area contributed by atoms with E-state index < -0.39 is 11.8 Å². The number of aromatic nitrogens is 6. The number of nitrogens with one attached hydrogen (secondary N) is 4. The van der Waals surface area contributed by atoms with E-state index in [1.807, 2.05) is 24.3 Å². The van der Waals surface area contributed by atoms with E-state index >= 15 is 0 Å². The molecule has 4 N–H and O–H groups in total. The standard InChI is InChI=1S/C15H12F2N4.C15H13FN4/c16-11-7-10-13(17)20-21-14(10)19-15(11)18-12-6-2-4-8-3-1-5-9(8)12;16-12-7-10-8-17-20-14(10)19-15(12)18-13-6-2-4-9-3-1-5-11(9)13/h2,4,6-7H,1,3,5H2,(H2,18,19,20,21);2,4,6-8H,1,3,5H2,(H2,17,18,19,20). The van der Waals surface area contributed by atoms with Crippen LogP contribution in [-0.4, -0.2) is 30.4 Å². The predicted octanol–water partition coefficient (Wildman–Crippen LogP) is 6.80. The Kier molecular flexibility index (Phi) is 6.26. The number of anilines is 4. The first-order valence-corrected chi connectivity index (χ1v) is 13.5. The van der Waals surface area contributed by atoms with Crippen LogP contribution in [0, 0.1) is 17.6 Å². The molecule has 0 spiro atoms. The Hall–Kier alpha value is -4.93. The van der Waals surface area contributed by atoms with Gasteiger partial charge in [0.1, 0.15) is 0 Å². The second-order valence-corrected chi connectivity index (χ2v) is 10.2. The summed E-state index contributed by atoms with van der Waals surface area (Å²) in [7, 11) is 0. The Labute approximate surface area is 232 Å². The van der Waals surface area contributed by atoms with Crippen molar-refractivity contribution in [1.29, 1.82) is 0 Å². The molecule has 41 heavy (non-hydrogen) atoms. The molecule has 0 amide bonds. The lowest BCUT2D eigenvalue weighted by molar-refractivity contribution is 0.586. The molecule has 6 aromatic rings. The van der Waals surface area contributed by atoms with Gasteiger partial charge in [-0.1, -0.05) is 24.3 Å². The van der Waals surface area contributed by atoms with Crippen molar-refractivity contribution >= 4 is 45.1 Å². The lowest BCUT2D eigenvalue weighted by Gasteiger charge is -2.11. The summed E-state index contributed by atoms with van der Waals surface area (Å²) in [6.07, 6.45) is 7.98. The van der Waals surface area contributed by atoms with Crippen molar-refractivity contribution in [3.63, 3.8) is 0 Å². The van der Waals surface area contributed by atoms with Gasteiger partial charge >= 0.3 is 0 Å². The average molecular weight is 555 g/mol. The highest BCUT2D eigenvalue weighted by atomic mass is 19.1. The fraction of sp³-hybridized carbons (Fsp3) is 0.200. The van der Waals surface area contributed by atoms with Crippen LogP contribution < -0.4 is 10.6 Å². The molecule has 206 valence electrons. The molecule has 8 nitrogen and oxygen atoms in total. The van der Waals surface area contributed by atoms with Crippen LogP contribution in [0.3, 0.4) is 0 Å². The minimum absolute atomic E-state index is 0.0522. The molecule has 0 saturated heterocycles. The molecule has 0 saturated carbocycles. The van der Waals surface area contributed by atoms with Crippen molar-refractivity contribution < 1.29 is 13.2 Å². The van der Waals surface area contributed by atoms with Crippen molar-refractivity contribution in [3.8, 4) is 0 Å². The monoisotopic (exact) mass is 554 g/mol. The van der Waals surface area contributed by atoms with E-state index in [4.69, 9.17) is 0 Å². The maximum absolute atomic E-state index is 14.1. The first-order valence-electron chi connectivity index (χ1n) is 13.5. The zero-order chi connectivity index (χ0) is 27.9. The van der Waals surface area contributed by atoms with E-state index in [1.54, 1.807) is 6.20 Å². The maximum atomic E-state index is 14.1. The lowest BCUT2D eigenvalue weighted by Crippen LogP contribution is -2.00. The van der Waals surface area contributed by atoms with Gasteiger partial charge in [-0.3, -0.25) is 10.2 Å². The number of halogens is 3. The first-order chi connectivity index (χ1) is 20.0. The molecule has 2 aromatic carbocycles. The quantitative estimate of drug-likeness (QED) is 0.191. The van der Waals surface area contributed by atoms with Gasteiger partial charge < -0.3 is 10.6 Å². The van der Waals surface area contributed by atoms with E-state index in [0.29, 0.717) is 11.0 Å². The van der Waals surface area contributed by atoms with Gasteiger partial charge in [-0.2, -0.15) is 14.6 Å². The maximum Gasteiger partial charge on any atom is 0.218 e. The van der Waals surface area contributed by atoms with Crippen LogP contribution in [0.2, 0.25) is 0 Å². The first kappa shape index (κ1) is 25.1. The molecule has 4 aromatic heterocycles. The largest absolute Gasteiger partial charge is 0.337 e. The Morgan fingerprint density at radius 2 is 1.34 bits per heavy atom. The number of nitrogens with zero attached hydrogens (tertiary/aromatic N) is 4. The Balaban J connectivity index is 0.000000135. The Morgan fingerprint density at radius 3 is 2.02 bits per heavy atom. The van der Waals surface area contributed by atoms with Crippen LogP contribution in [-0.2, 0) is 25.7 Å². The van der Waals surface area contributed by atoms with E-state index in [2.05, 4.69) is 53.1 Å². The van der Waals surface area contributed by atoms with E-state index in [0.717, 1.165) is 56.0 Å². The number of pyridine rings is 2. The van der Waals surface area contributed by atoms with Gasteiger partial charge in [0.2, 0.25) is 5.95 Å². The summed E-state index contributed by atoms with van der Waals surface area (Å²) < 4.78 is 41.5. The van der Waals surface area contributed by atoms with Gasteiger partial charge in [0.05, 0.1) is 11.6 Å². The summed E-state index contributed by atoms with van der Waals surface area (Å²) in [5, 5.41) is 19.4. The number of H-pyrrole nitrogens is 2. The van der Waals surface area contributed by atoms with Crippen molar-refractivity contribution in [2.24, 2.45) is 0 Å². The van der Waals surface area contributed by atoms with Gasteiger partial charge in [0.25, 0.3) is 0 Å². The number of benzene rings is 2. The molecule has 0 radical (unpaired) electrons. The third-order valence-electron chi connectivity index (χ3n) is 7.63. The van der Waals surface area contributed by atoms with Gasteiger partial charge in [-0.25, -0.2) is 18.7 Å². The number of hydrogen-bond acceptors (Lipinski definition) is 6. The highest BCUT2D eigenvalue weighted by Gasteiger charge is 2.18. The smallest absolute Gasteiger partial charge is 0.218 e. The third kappa shape index (κ3) is 4.73. The highest BCUT2D eigenvalue weighted by Crippen LogP contribution is 2.33. The summed E-state index contributed by atoms with van der Waals surface area (Å²) in [6.45, 7) is 0. The molecule has 11 heteroatoms. The number of rotatable bonds is 4. The summed E-state index contributed by atoms with van der Waals surface area (Å²) in [4.78, 5) is 8.30. The number of aromatic amines is 2. The molecule has 0 bridgehead atoms. The van der Waals surface area contributed by atoms with Gasteiger partial charge in [-0.05, 0) is 85.0 Å². The zero-order valence-corrected chi connectivity index (χ0v) is 21.9. The van der Waals surface area contributed by atoms with Crippen LogP contribution in [0.5, 0.6) is 0 Å². The number of fused-ring (bicyclic) bond motifs is 4. The van der Waals surface area contributed by atoms with Crippen LogP contribution >= 0.6 is 0 Å². The molecule has 0 unspecified atom stereocenters. The number of hydrogen-bond donors (Lipinski definition) is 4. The topological polar surface area (TPSA) is 107 Å². The second-order valence-electron chi connectivity index (χ2n) is 10.2. The summed E-state index contributed by atoms with van der Waals surface area (Å²) in [6, 6.07) is 14.6. The predicted molar refractivity (Wildman–Crippen MR) is 151 cm³/mol. The van der Waals surface area contributed by atoms with Crippen LogP contribution in [0.25, 0.3) is 22.1 Å². The van der Waals surface area contributed by atoms with Gasteiger partial charge in [0.15, 0.2) is 34.6 Å². The van der Waals surface area contributed by atoms with Crippen molar-refractivity contribution in [2.75, 3.05) is 10.6 Å². The molecular weight excluding hydrogens is 529 g/mol. The molecular formula is C30H25F3N8. The van der Waals surface area contributed by atoms with Crippen LogP contribution in [0.4, 0.5) is 36.2 Å². The molecule has 8 rings (SSSR count). The summed E-state index contributed by atoms with van der Waals surface area (Å²) >= 11 is 0. The Bertz CT molecular complexity index is 1910. The molecule has 2 aliphatic rings. The minimum Gasteiger partial charge on any atom is -0.337 e. The zero-order valence-electron chi connectivity index (χ0n) is 21.9. The van der Waals surface area contributed by atoms with Crippen LogP contribution in [0.15, 0.2) is 54.7 Å².